The van der Waals surface area contributed by atoms with Crippen molar-refractivity contribution in [2.45, 2.75) is 39.2 Å². The molecule has 0 heterocycles. The van der Waals surface area contributed by atoms with Crippen molar-refractivity contribution in [1.29, 1.82) is 0 Å². The topological polar surface area (TPSA) is 74.8 Å². The van der Waals surface area contributed by atoms with Crippen LogP contribution in [0.1, 0.15) is 32.8 Å². The average Bonchev–Trinajstić information content (AvgIpc) is 2.53. The minimum atomic E-state index is -0.498. The van der Waals surface area contributed by atoms with Gasteiger partial charge in [0, 0.05) is 31.7 Å². The Morgan fingerprint density at radius 1 is 1.19 bits per heavy atom. The third-order valence-corrected chi connectivity index (χ3v) is 3.59. The Balaban J connectivity index is 0.00000676. The number of benzene rings is 1. The first kappa shape index (κ1) is 25.7. The Morgan fingerprint density at radius 2 is 1.81 bits per heavy atom. The molecule has 1 aromatic carbocycles. The van der Waals surface area contributed by atoms with Crippen molar-refractivity contribution in [3.05, 3.63) is 34.6 Å². The normalized spacial score (nSPS) is 11.4. The molecule has 27 heavy (non-hydrogen) atoms. The lowest BCUT2D eigenvalue weighted by atomic mass is 10.1. The maximum Gasteiger partial charge on any atom is 0.407 e. The first-order valence-corrected chi connectivity index (χ1v) is 8.94. The van der Waals surface area contributed by atoms with Crippen molar-refractivity contribution in [1.82, 2.24) is 16.0 Å². The molecule has 154 valence electrons. The Kier molecular flexibility index (Phi) is 12.4. The molecule has 0 saturated carbocycles. The van der Waals surface area contributed by atoms with E-state index in [1.807, 2.05) is 20.8 Å². The molecular formula is C18H29ClFIN4O2. The molecular weight excluding hydrogens is 486 g/mol. The summed E-state index contributed by atoms with van der Waals surface area (Å²) in [5.41, 5.74) is 0.374. The molecule has 6 nitrogen and oxygen atoms in total. The summed E-state index contributed by atoms with van der Waals surface area (Å²) in [5.74, 6) is 0.310. The number of amides is 1. The lowest BCUT2D eigenvalue weighted by Crippen LogP contribution is -2.40. The predicted molar refractivity (Wildman–Crippen MR) is 119 cm³/mol. The fourth-order valence-electron chi connectivity index (χ4n) is 2.06. The molecule has 1 amide bonds. The van der Waals surface area contributed by atoms with Gasteiger partial charge in [0.1, 0.15) is 11.4 Å². The SMILES string of the molecule is CN=C(NCCCNC(=O)OC(C)(C)C)NCCc1ccc(F)cc1Cl.I. The van der Waals surface area contributed by atoms with Crippen LogP contribution in [0, 0.1) is 5.82 Å². The van der Waals surface area contributed by atoms with E-state index in [9.17, 15) is 9.18 Å². The highest BCUT2D eigenvalue weighted by atomic mass is 127. The van der Waals surface area contributed by atoms with E-state index < -0.39 is 11.7 Å². The molecule has 0 radical (unpaired) electrons. The van der Waals surface area contributed by atoms with Crippen LogP contribution in [-0.2, 0) is 11.2 Å². The molecule has 0 aromatic heterocycles. The molecule has 3 N–H and O–H groups in total. The Labute approximate surface area is 182 Å². The number of guanidine groups is 1. The monoisotopic (exact) mass is 514 g/mol. The van der Waals surface area contributed by atoms with Gasteiger partial charge in [-0.25, -0.2) is 9.18 Å². The smallest absolute Gasteiger partial charge is 0.407 e. The lowest BCUT2D eigenvalue weighted by Gasteiger charge is -2.19. The van der Waals surface area contributed by atoms with Crippen LogP contribution in [0.5, 0.6) is 0 Å². The van der Waals surface area contributed by atoms with Crippen LogP contribution in [0.3, 0.4) is 0 Å². The molecule has 0 atom stereocenters. The Morgan fingerprint density at radius 3 is 2.41 bits per heavy atom. The number of hydrogen-bond acceptors (Lipinski definition) is 3. The zero-order valence-corrected chi connectivity index (χ0v) is 19.3. The maximum atomic E-state index is 13.0. The van der Waals surface area contributed by atoms with E-state index in [4.69, 9.17) is 16.3 Å². The van der Waals surface area contributed by atoms with E-state index in [-0.39, 0.29) is 29.8 Å². The first-order chi connectivity index (χ1) is 12.2. The molecule has 9 heteroatoms. The number of nitrogens with zero attached hydrogens (tertiary/aromatic N) is 1. The van der Waals surface area contributed by atoms with Gasteiger partial charge in [0.15, 0.2) is 5.96 Å². The molecule has 0 aliphatic carbocycles. The van der Waals surface area contributed by atoms with Crippen LogP contribution < -0.4 is 16.0 Å². The number of halogens is 3. The van der Waals surface area contributed by atoms with Crippen molar-refractivity contribution >= 4 is 47.6 Å². The summed E-state index contributed by atoms with van der Waals surface area (Å²) < 4.78 is 18.2. The number of aliphatic imine (C=N–C) groups is 1. The largest absolute Gasteiger partial charge is 0.444 e. The van der Waals surface area contributed by atoms with Gasteiger partial charge in [0.2, 0.25) is 0 Å². The third kappa shape index (κ3) is 11.9. The van der Waals surface area contributed by atoms with E-state index in [1.54, 1.807) is 13.1 Å². The summed E-state index contributed by atoms with van der Waals surface area (Å²) in [6, 6.07) is 4.38. The molecule has 0 spiro atoms. The molecule has 0 aliphatic heterocycles. The van der Waals surface area contributed by atoms with Crippen LogP contribution in [-0.4, -0.2) is 44.3 Å². The van der Waals surface area contributed by atoms with Crippen molar-refractivity contribution in [3.63, 3.8) is 0 Å². The highest BCUT2D eigenvalue weighted by Gasteiger charge is 2.15. The zero-order valence-electron chi connectivity index (χ0n) is 16.2. The summed E-state index contributed by atoms with van der Waals surface area (Å²) in [6.45, 7) is 7.23. The number of alkyl carbamates (subject to hydrolysis) is 1. The quantitative estimate of drug-likeness (QED) is 0.224. The van der Waals surface area contributed by atoms with E-state index in [0.717, 1.165) is 12.0 Å². The lowest BCUT2D eigenvalue weighted by molar-refractivity contribution is 0.0527. The minimum absolute atomic E-state index is 0. The third-order valence-electron chi connectivity index (χ3n) is 3.24. The van der Waals surface area contributed by atoms with Crippen LogP contribution in [0.4, 0.5) is 9.18 Å². The zero-order chi connectivity index (χ0) is 19.6. The summed E-state index contributed by atoms with van der Waals surface area (Å²) in [4.78, 5) is 15.6. The van der Waals surface area contributed by atoms with Crippen molar-refractivity contribution in [2.75, 3.05) is 26.7 Å². The second-order valence-corrected chi connectivity index (χ2v) is 7.10. The summed E-state index contributed by atoms with van der Waals surface area (Å²) in [5, 5.41) is 9.44. The van der Waals surface area contributed by atoms with Crippen LogP contribution in [0.15, 0.2) is 23.2 Å². The fraction of sp³-hybridized carbons (Fsp3) is 0.556. The number of rotatable bonds is 7. The molecule has 0 unspecified atom stereocenters. The van der Waals surface area contributed by atoms with Gasteiger partial charge in [0.05, 0.1) is 0 Å². The summed E-state index contributed by atoms with van der Waals surface area (Å²) >= 11 is 6.00. The number of nitrogens with one attached hydrogen (secondary N) is 3. The van der Waals surface area contributed by atoms with Crippen molar-refractivity contribution in [3.8, 4) is 0 Å². The van der Waals surface area contributed by atoms with Crippen LogP contribution >= 0.6 is 35.6 Å². The second kappa shape index (κ2) is 13.0. The summed E-state index contributed by atoms with van der Waals surface area (Å²) in [7, 11) is 1.68. The van der Waals surface area contributed by atoms with Gasteiger partial charge in [-0.05, 0) is 51.3 Å². The Hall–Kier alpha value is -1.29. The molecule has 0 fully saturated rings. The summed E-state index contributed by atoms with van der Waals surface area (Å²) in [6.07, 6.45) is 0.959. The Bertz CT molecular complexity index is 624. The molecule has 1 rings (SSSR count). The molecule has 1 aromatic rings. The van der Waals surface area contributed by atoms with Crippen LogP contribution in [0.2, 0.25) is 5.02 Å². The van der Waals surface area contributed by atoms with Gasteiger partial charge in [0.25, 0.3) is 0 Å². The number of hydrogen-bond donors (Lipinski definition) is 3. The molecule has 0 bridgehead atoms. The number of carbonyl (C=O) groups is 1. The van der Waals surface area contributed by atoms with Gasteiger partial charge in [-0.15, -0.1) is 24.0 Å². The van der Waals surface area contributed by atoms with Gasteiger partial charge in [-0.3, -0.25) is 4.99 Å². The highest BCUT2D eigenvalue weighted by Crippen LogP contribution is 2.17. The van der Waals surface area contributed by atoms with E-state index in [2.05, 4.69) is 20.9 Å². The van der Waals surface area contributed by atoms with Gasteiger partial charge >= 0.3 is 6.09 Å². The fourth-order valence-corrected chi connectivity index (χ4v) is 2.32. The minimum Gasteiger partial charge on any atom is -0.444 e. The average molecular weight is 515 g/mol. The van der Waals surface area contributed by atoms with Crippen molar-refractivity contribution < 1.29 is 13.9 Å². The number of carbonyl (C=O) groups excluding carboxylic acids is 1. The van der Waals surface area contributed by atoms with Crippen molar-refractivity contribution in [2.24, 2.45) is 4.99 Å². The second-order valence-electron chi connectivity index (χ2n) is 6.69. The first-order valence-electron chi connectivity index (χ1n) is 8.56. The number of ether oxygens (including phenoxy) is 1. The van der Waals surface area contributed by atoms with E-state index in [0.29, 0.717) is 37.0 Å². The van der Waals surface area contributed by atoms with Gasteiger partial charge < -0.3 is 20.7 Å². The van der Waals surface area contributed by atoms with Crippen LogP contribution in [0.25, 0.3) is 0 Å². The molecule has 0 aliphatic rings. The van der Waals surface area contributed by atoms with E-state index in [1.165, 1.54) is 12.1 Å². The highest BCUT2D eigenvalue weighted by molar-refractivity contribution is 14.0. The van der Waals surface area contributed by atoms with E-state index >= 15 is 0 Å². The maximum absolute atomic E-state index is 13.0. The standard InChI is InChI=1S/C18H28ClFN4O2.HI/c1-18(2,3)26-17(25)24-10-5-9-22-16(21-4)23-11-8-13-6-7-14(20)12-15(13)19;/h6-7,12H,5,8-11H2,1-4H3,(H,24,25)(H2,21,22,23);1H. The van der Waals surface area contributed by atoms with Gasteiger partial charge in [-0.2, -0.15) is 0 Å². The predicted octanol–water partition coefficient (Wildman–Crippen LogP) is 3.72. The van der Waals surface area contributed by atoms with Gasteiger partial charge in [-0.1, -0.05) is 17.7 Å². The molecule has 0 saturated heterocycles.